The van der Waals surface area contributed by atoms with Gasteiger partial charge in [0.2, 0.25) is 0 Å². The first kappa shape index (κ1) is 13.5. The van der Waals surface area contributed by atoms with Gasteiger partial charge in [-0.15, -0.1) is 0 Å². The number of hydrogen-bond acceptors (Lipinski definition) is 2. The lowest BCUT2D eigenvalue weighted by Crippen LogP contribution is -2.36. The Labute approximate surface area is 109 Å². The van der Waals surface area contributed by atoms with Gasteiger partial charge < -0.3 is 5.73 Å². The van der Waals surface area contributed by atoms with Gasteiger partial charge in [-0.1, -0.05) is 32.0 Å². The summed E-state index contributed by atoms with van der Waals surface area (Å²) in [5, 5.41) is 0. The van der Waals surface area contributed by atoms with Gasteiger partial charge >= 0.3 is 0 Å². The second-order valence-corrected chi connectivity index (χ2v) is 5.71. The highest BCUT2D eigenvalue weighted by Crippen LogP contribution is 2.29. The maximum atomic E-state index is 13.7. The maximum Gasteiger partial charge on any atom is 0.128 e. The SMILES string of the molecule is CC(C)CN(CC(N)c1ccccc1F)C1CC1. The van der Waals surface area contributed by atoms with Crippen LogP contribution in [-0.4, -0.2) is 24.0 Å². The van der Waals surface area contributed by atoms with Crippen LogP contribution >= 0.6 is 0 Å². The number of halogens is 1. The molecule has 0 spiro atoms. The Hall–Kier alpha value is -0.930. The van der Waals surface area contributed by atoms with E-state index in [4.69, 9.17) is 5.73 Å². The van der Waals surface area contributed by atoms with Crippen molar-refractivity contribution in [3.05, 3.63) is 35.6 Å². The van der Waals surface area contributed by atoms with Crippen molar-refractivity contribution in [3.63, 3.8) is 0 Å². The summed E-state index contributed by atoms with van der Waals surface area (Å²) in [5.41, 5.74) is 6.79. The molecule has 100 valence electrons. The summed E-state index contributed by atoms with van der Waals surface area (Å²) in [6, 6.07) is 7.27. The van der Waals surface area contributed by atoms with Crippen molar-refractivity contribution >= 4 is 0 Å². The number of nitrogens with two attached hydrogens (primary N) is 1. The molecule has 18 heavy (non-hydrogen) atoms. The highest BCUT2D eigenvalue weighted by molar-refractivity contribution is 5.21. The Morgan fingerprint density at radius 2 is 1.94 bits per heavy atom. The summed E-state index contributed by atoms with van der Waals surface area (Å²) in [4.78, 5) is 2.42. The lowest BCUT2D eigenvalue weighted by molar-refractivity contribution is 0.220. The van der Waals surface area contributed by atoms with Gasteiger partial charge in [-0.2, -0.15) is 0 Å². The summed E-state index contributed by atoms with van der Waals surface area (Å²) >= 11 is 0. The highest BCUT2D eigenvalue weighted by atomic mass is 19.1. The third kappa shape index (κ3) is 3.53. The summed E-state index contributed by atoms with van der Waals surface area (Å²) in [6.07, 6.45) is 2.52. The van der Waals surface area contributed by atoms with Crippen LogP contribution in [0.15, 0.2) is 24.3 Å². The van der Waals surface area contributed by atoms with Crippen LogP contribution in [0.3, 0.4) is 0 Å². The molecule has 1 atom stereocenters. The third-order valence-corrected chi connectivity index (χ3v) is 3.40. The van der Waals surface area contributed by atoms with E-state index < -0.39 is 0 Å². The van der Waals surface area contributed by atoms with Crippen LogP contribution in [0.25, 0.3) is 0 Å². The number of hydrogen-bond donors (Lipinski definition) is 1. The summed E-state index contributed by atoms with van der Waals surface area (Å²) in [5.74, 6) is 0.434. The molecular formula is C15H23FN2. The summed E-state index contributed by atoms with van der Waals surface area (Å²) < 4.78 is 13.7. The summed E-state index contributed by atoms with van der Waals surface area (Å²) in [7, 11) is 0. The molecular weight excluding hydrogens is 227 g/mol. The molecule has 2 rings (SSSR count). The molecule has 2 nitrogen and oxygen atoms in total. The molecule has 0 bridgehead atoms. The zero-order valence-electron chi connectivity index (χ0n) is 11.3. The van der Waals surface area contributed by atoms with Crippen molar-refractivity contribution in [2.75, 3.05) is 13.1 Å². The van der Waals surface area contributed by atoms with Crippen LogP contribution < -0.4 is 5.73 Å². The largest absolute Gasteiger partial charge is 0.323 e. The van der Waals surface area contributed by atoms with Gasteiger partial charge in [-0.05, 0) is 24.8 Å². The quantitative estimate of drug-likeness (QED) is 0.841. The van der Waals surface area contributed by atoms with E-state index in [-0.39, 0.29) is 11.9 Å². The van der Waals surface area contributed by atoms with Gasteiger partial charge in [-0.25, -0.2) is 4.39 Å². The molecule has 3 heteroatoms. The van der Waals surface area contributed by atoms with E-state index in [2.05, 4.69) is 18.7 Å². The molecule has 0 radical (unpaired) electrons. The fraction of sp³-hybridized carbons (Fsp3) is 0.600. The van der Waals surface area contributed by atoms with E-state index in [1.165, 1.54) is 18.9 Å². The van der Waals surface area contributed by atoms with Crippen molar-refractivity contribution < 1.29 is 4.39 Å². The van der Waals surface area contributed by atoms with Crippen LogP contribution in [0, 0.1) is 11.7 Å². The van der Waals surface area contributed by atoms with E-state index in [0.717, 1.165) is 13.1 Å². The average molecular weight is 250 g/mol. The van der Waals surface area contributed by atoms with Crippen molar-refractivity contribution in [2.45, 2.75) is 38.8 Å². The van der Waals surface area contributed by atoms with E-state index in [9.17, 15) is 4.39 Å². The molecule has 0 aromatic heterocycles. The standard InChI is InChI=1S/C15H23FN2/c1-11(2)9-18(12-7-8-12)10-15(17)13-5-3-4-6-14(13)16/h3-6,11-12,15H,7-10,17H2,1-2H3. The fourth-order valence-electron chi connectivity index (χ4n) is 2.41. The van der Waals surface area contributed by atoms with Gasteiger partial charge in [-0.3, -0.25) is 4.90 Å². The first-order chi connectivity index (χ1) is 8.58. The third-order valence-electron chi connectivity index (χ3n) is 3.40. The molecule has 0 amide bonds. The van der Waals surface area contributed by atoms with Gasteiger partial charge in [0.1, 0.15) is 5.82 Å². The molecule has 0 aliphatic heterocycles. The zero-order valence-corrected chi connectivity index (χ0v) is 11.3. The van der Waals surface area contributed by atoms with Crippen molar-refractivity contribution in [3.8, 4) is 0 Å². The highest BCUT2D eigenvalue weighted by Gasteiger charge is 2.30. The second kappa shape index (κ2) is 5.81. The monoisotopic (exact) mass is 250 g/mol. The molecule has 2 N–H and O–H groups in total. The first-order valence-corrected chi connectivity index (χ1v) is 6.82. The van der Waals surface area contributed by atoms with Crippen LogP contribution in [0.1, 0.15) is 38.3 Å². The average Bonchev–Trinajstić information content (AvgIpc) is 3.11. The maximum absolute atomic E-state index is 13.7. The van der Waals surface area contributed by atoms with Gasteiger partial charge in [0, 0.05) is 30.7 Å². The summed E-state index contributed by atoms with van der Waals surface area (Å²) in [6.45, 7) is 6.23. The minimum absolute atomic E-state index is 0.190. The van der Waals surface area contributed by atoms with Gasteiger partial charge in [0.15, 0.2) is 0 Å². The molecule has 1 fully saturated rings. The number of rotatable bonds is 6. The second-order valence-electron chi connectivity index (χ2n) is 5.71. The number of nitrogens with zero attached hydrogens (tertiary/aromatic N) is 1. The number of benzene rings is 1. The van der Waals surface area contributed by atoms with E-state index in [1.54, 1.807) is 12.1 Å². The Morgan fingerprint density at radius 3 is 2.50 bits per heavy atom. The lowest BCUT2D eigenvalue weighted by Gasteiger charge is -2.27. The predicted octanol–water partition coefficient (Wildman–Crippen LogP) is 2.95. The van der Waals surface area contributed by atoms with Crippen LogP contribution in [0.2, 0.25) is 0 Å². The van der Waals surface area contributed by atoms with E-state index in [1.807, 2.05) is 6.07 Å². The molecule has 1 saturated carbocycles. The Morgan fingerprint density at radius 1 is 1.28 bits per heavy atom. The van der Waals surface area contributed by atoms with Crippen LogP contribution in [0.5, 0.6) is 0 Å². The van der Waals surface area contributed by atoms with E-state index >= 15 is 0 Å². The molecule has 1 aliphatic rings. The first-order valence-electron chi connectivity index (χ1n) is 6.82. The topological polar surface area (TPSA) is 29.3 Å². The molecule has 1 aromatic rings. The lowest BCUT2D eigenvalue weighted by atomic mass is 10.1. The Kier molecular flexibility index (Phi) is 4.36. The zero-order chi connectivity index (χ0) is 13.1. The molecule has 1 aliphatic carbocycles. The van der Waals surface area contributed by atoms with Crippen LogP contribution in [-0.2, 0) is 0 Å². The predicted molar refractivity (Wildman–Crippen MR) is 72.8 cm³/mol. The molecule has 0 heterocycles. The molecule has 1 aromatic carbocycles. The Balaban J connectivity index is 2.00. The van der Waals surface area contributed by atoms with Crippen LogP contribution in [0.4, 0.5) is 4.39 Å². The van der Waals surface area contributed by atoms with Crippen molar-refractivity contribution in [2.24, 2.45) is 11.7 Å². The van der Waals surface area contributed by atoms with Gasteiger partial charge in [0.25, 0.3) is 0 Å². The van der Waals surface area contributed by atoms with Crippen molar-refractivity contribution in [1.29, 1.82) is 0 Å². The minimum atomic E-state index is -0.231. The fourth-order valence-corrected chi connectivity index (χ4v) is 2.41. The minimum Gasteiger partial charge on any atom is -0.323 e. The Bertz CT molecular complexity index is 388. The van der Waals surface area contributed by atoms with Gasteiger partial charge in [0.05, 0.1) is 0 Å². The van der Waals surface area contributed by atoms with E-state index in [0.29, 0.717) is 17.5 Å². The molecule has 0 saturated heterocycles. The van der Waals surface area contributed by atoms with Crippen molar-refractivity contribution in [1.82, 2.24) is 4.90 Å². The normalized spacial score (nSPS) is 17.4. The smallest absolute Gasteiger partial charge is 0.128 e. The molecule has 1 unspecified atom stereocenters.